The lowest BCUT2D eigenvalue weighted by atomic mass is 10.2. The van der Waals surface area contributed by atoms with Crippen LogP contribution in [-0.2, 0) is 0 Å². The molecular weight excluding hydrogens is 528 g/mol. The number of para-hydroxylation sites is 5. The van der Waals surface area contributed by atoms with Gasteiger partial charge in [0, 0.05) is 24.3 Å². The predicted molar refractivity (Wildman–Crippen MR) is 165 cm³/mol. The third-order valence-corrected chi connectivity index (χ3v) is 7.43. The molecule has 0 spiro atoms. The van der Waals surface area contributed by atoms with E-state index in [0.29, 0.717) is 13.5 Å². The summed E-state index contributed by atoms with van der Waals surface area (Å²) in [5, 5.41) is 0. The largest absolute Gasteiger partial charge is 0.453 e. The van der Waals surface area contributed by atoms with Crippen molar-refractivity contribution >= 4 is 35.6 Å². The van der Waals surface area contributed by atoms with E-state index in [4.69, 9.17) is 14.2 Å². The van der Waals surface area contributed by atoms with Crippen molar-refractivity contribution in [2.24, 2.45) is 0 Å². The van der Waals surface area contributed by atoms with Crippen LogP contribution in [0.4, 0.5) is 11.4 Å². The van der Waals surface area contributed by atoms with E-state index in [1.54, 1.807) is 11.8 Å². The molecule has 0 bridgehead atoms. The second-order valence-corrected chi connectivity index (χ2v) is 10.2. The minimum atomic E-state index is 0.464. The minimum absolute atomic E-state index is 0.464. The molecule has 0 fully saturated rings. The molecule has 5 aromatic carbocycles. The van der Waals surface area contributed by atoms with Crippen molar-refractivity contribution in [3.8, 4) is 23.0 Å². The molecule has 5 aromatic rings. The number of fused-ring (bicyclic) bond motifs is 2. The Balaban J connectivity index is 0.000000152. The summed E-state index contributed by atoms with van der Waals surface area (Å²) in [4.78, 5) is 1.19. The number of thioether (sulfide) groups is 1. The second-order valence-electron chi connectivity index (χ2n) is 9.38. The SMILES string of the molecule is C1=[N+](c2ccccc2)COc2c1cccc2Oc1ccccc1.CSc1cccc2c1OC[N+](c1ccccc1)=C2. The fourth-order valence-electron chi connectivity index (χ4n) is 4.65. The Kier molecular flexibility index (Phi) is 8.10. The molecule has 0 saturated carbocycles. The van der Waals surface area contributed by atoms with Crippen LogP contribution in [0.3, 0.4) is 0 Å². The van der Waals surface area contributed by atoms with Gasteiger partial charge in [-0.2, -0.15) is 9.15 Å². The first-order valence-electron chi connectivity index (χ1n) is 13.4. The molecule has 5 nitrogen and oxygen atoms in total. The van der Waals surface area contributed by atoms with Crippen LogP contribution in [0, 0.1) is 0 Å². The van der Waals surface area contributed by atoms with Crippen LogP contribution in [0.2, 0.25) is 0 Å². The zero-order valence-electron chi connectivity index (χ0n) is 22.7. The summed E-state index contributed by atoms with van der Waals surface area (Å²) in [5.41, 5.74) is 4.40. The highest BCUT2D eigenvalue weighted by atomic mass is 32.2. The summed E-state index contributed by atoms with van der Waals surface area (Å²) in [6, 6.07) is 42.4. The normalized spacial score (nSPS) is 13.1. The van der Waals surface area contributed by atoms with E-state index in [9.17, 15) is 0 Å². The topological polar surface area (TPSA) is 33.7 Å². The van der Waals surface area contributed by atoms with Gasteiger partial charge in [-0.15, -0.1) is 11.8 Å². The van der Waals surface area contributed by atoms with Crippen molar-refractivity contribution in [3.05, 3.63) is 139 Å². The molecule has 2 aliphatic rings. The maximum Gasteiger partial charge on any atom is 0.292 e. The second kappa shape index (κ2) is 12.6. The molecule has 202 valence electrons. The van der Waals surface area contributed by atoms with Crippen LogP contribution in [0.5, 0.6) is 23.0 Å². The average Bonchev–Trinajstić information content (AvgIpc) is 3.06. The van der Waals surface area contributed by atoms with E-state index < -0.39 is 0 Å². The number of rotatable bonds is 5. The molecule has 2 heterocycles. The standard InChI is InChI=1S/C20H16NO2.C15H14NOS/c1-3-9-17(10-4-1)21-14-16-8-7-13-19(20(16)22-15-21)23-18-11-5-2-6-12-18;1-18-14-9-5-6-12-10-16(11-17-15(12)14)13-7-3-2-4-8-13/h1-14H,15H2;2-10H,11H2,1H3/q2*+1. The van der Waals surface area contributed by atoms with Gasteiger partial charge in [0.05, 0.1) is 16.0 Å². The highest BCUT2D eigenvalue weighted by Gasteiger charge is 2.23. The van der Waals surface area contributed by atoms with E-state index in [1.165, 1.54) is 4.90 Å². The van der Waals surface area contributed by atoms with Gasteiger partial charge in [0.1, 0.15) is 5.75 Å². The zero-order chi connectivity index (χ0) is 27.9. The van der Waals surface area contributed by atoms with Crippen molar-refractivity contribution in [1.82, 2.24) is 0 Å². The maximum absolute atomic E-state index is 5.96. The monoisotopic (exact) mass is 558 g/mol. The first kappa shape index (κ1) is 26.4. The van der Waals surface area contributed by atoms with Gasteiger partial charge in [-0.3, -0.25) is 0 Å². The van der Waals surface area contributed by atoms with Crippen LogP contribution in [-0.4, -0.2) is 41.3 Å². The van der Waals surface area contributed by atoms with E-state index >= 15 is 0 Å². The maximum atomic E-state index is 5.96. The predicted octanol–water partition coefficient (Wildman–Crippen LogP) is 8.11. The molecule has 0 amide bonds. The first-order valence-corrected chi connectivity index (χ1v) is 14.6. The number of benzene rings is 5. The van der Waals surface area contributed by atoms with Crippen LogP contribution in [0.15, 0.2) is 132 Å². The highest BCUT2D eigenvalue weighted by molar-refractivity contribution is 7.98. The summed E-state index contributed by atoms with van der Waals surface area (Å²) in [5.74, 6) is 3.31. The van der Waals surface area contributed by atoms with E-state index in [2.05, 4.69) is 70.3 Å². The zero-order valence-corrected chi connectivity index (χ0v) is 23.5. The summed E-state index contributed by atoms with van der Waals surface area (Å²) < 4.78 is 22.0. The summed E-state index contributed by atoms with van der Waals surface area (Å²) in [7, 11) is 0. The third kappa shape index (κ3) is 6.18. The van der Waals surface area contributed by atoms with Gasteiger partial charge in [0.15, 0.2) is 29.7 Å². The Morgan fingerprint density at radius 1 is 0.561 bits per heavy atom. The van der Waals surface area contributed by atoms with Crippen molar-refractivity contribution in [2.75, 3.05) is 19.7 Å². The minimum Gasteiger partial charge on any atom is -0.453 e. The van der Waals surface area contributed by atoms with Crippen molar-refractivity contribution < 1.29 is 23.4 Å². The lowest BCUT2D eigenvalue weighted by molar-refractivity contribution is -0.476. The van der Waals surface area contributed by atoms with E-state index in [0.717, 1.165) is 45.5 Å². The molecule has 0 radical (unpaired) electrons. The number of nitrogens with zero attached hydrogens (tertiary/aromatic N) is 2. The van der Waals surface area contributed by atoms with E-state index in [-0.39, 0.29) is 0 Å². The van der Waals surface area contributed by atoms with Gasteiger partial charge >= 0.3 is 0 Å². The molecule has 41 heavy (non-hydrogen) atoms. The lowest BCUT2D eigenvalue weighted by Crippen LogP contribution is -2.20. The molecule has 7 rings (SSSR count). The molecule has 0 unspecified atom stereocenters. The Bertz CT molecular complexity index is 1690. The van der Waals surface area contributed by atoms with E-state index in [1.807, 2.05) is 84.9 Å². The highest BCUT2D eigenvalue weighted by Crippen LogP contribution is 2.36. The molecule has 0 N–H and O–H groups in total. The van der Waals surface area contributed by atoms with Gasteiger partial charge in [-0.25, -0.2) is 0 Å². The van der Waals surface area contributed by atoms with Crippen LogP contribution in [0.25, 0.3) is 0 Å². The van der Waals surface area contributed by atoms with Gasteiger partial charge in [-0.05, 0) is 42.7 Å². The molecule has 0 saturated heterocycles. The first-order chi connectivity index (χ1) is 20.3. The Morgan fingerprint density at radius 3 is 1.66 bits per heavy atom. The molecule has 6 heteroatoms. The lowest BCUT2D eigenvalue weighted by Gasteiger charge is -2.17. The fourth-order valence-corrected chi connectivity index (χ4v) is 5.23. The van der Waals surface area contributed by atoms with Crippen molar-refractivity contribution in [3.63, 3.8) is 0 Å². The Hall–Kier alpha value is -4.81. The molecular formula is C35H30N2O3S+2. The number of ether oxygens (including phenoxy) is 3. The van der Waals surface area contributed by atoms with Crippen molar-refractivity contribution in [1.29, 1.82) is 0 Å². The molecule has 0 aliphatic carbocycles. The molecule has 0 atom stereocenters. The summed E-state index contributed by atoms with van der Waals surface area (Å²) in [6.45, 7) is 1.03. The quantitative estimate of drug-likeness (QED) is 0.161. The van der Waals surface area contributed by atoms with Crippen LogP contribution < -0.4 is 14.2 Å². The van der Waals surface area contributed by atoms with Crippen LogP contribution in [0.1, 0.15) is 11.1 Å². The van der Waals surface area contributed by atoms with Gasteiger partial charge < -0.3 is 14.2 Å². The molecule has 0 aromatic heterocycles. The summed E-state index contributed by atoms with van der Waals surface area (Å²) >= 11 is 1.72. The van der Waals surface area contributed by atoms with Gasteiger partial charge in [0.2, 0.25) is 11.4 Å². The number of hydrogen-bond acceptors (Lipinski definition) is 4. The third-order valence-electron chi connectivity index (χ3n) is 6.67. The average molecular weight is 559 g/mol. The smallest absolute Gasteiger partial charge is 0.292 e. The Morgan fingerprint density at radius 2 is 1.07 bits per heavy atom. The fraction of sp³-hybridized carbons (Fsp3) is 0.0857. The van der Waals surface area contributed by atoms with Gasteiger partial charge in [-0.1, -0.05) is 66.7 Å². The van der Waals surface area contributed by atoms with Crippen LogP contribution >= 0.6 is 11.8 Å². The molecule has 2 aliphatic heterocycles. The van der Waals surface area contributed by atoms with Gasteiger partial charge in [0.25, 0.3) is 13.5 Å². The van der Waals surface area contributed by atoms with Crippen molar-refractivity contribution in [2.45, 2.75) is 4.90 Å². The Labute approximate surface area is 244 Å². The number of hydrogen-bond donors (Lipinski definition) is 0. The summed E-state index contributed by atoms with van der Waals surface area (Å²) in [6.07, 6.45) is 6.31.